The van der Waals surface area contributed by atoms with Gasteiger partial charge in [0.25, 0.3) is 11.8 Å². The molecule has 2 aliphatic heterocycles. The van der Waals surface area contributed by atoms with Gasteiger partial charge < -0.3 is 52.3 Å². The third-order valence-electron chi connectivity index (χ3n) is 15.7. The minimum absolute atomic E-state index is 0.0141. The molecule has 410 valence electrons. The van der Waals surface area contributed by atoms with Crippen LogP contribution in [-0.2, 0) is 41.6 Å². The molecule has 0 bridgehead atoms. The molecule has 76 heavy (non-hydrogen) atoms. The Kier molecular flexibility index (Phi) is 18.1. The molecule has 2 unspecified atom stereocenters. The molecule has 18 heteroatoms. The van der Waals surface area contributed by atoms with E-state index in [-0.39, 0.29) is 72.8 Å². The third kappa shape index (κ3) is 13.3. The zero-order valence-corrected chi connectivity index (χ0v) is 45.9. The van der Waals surface area contributed by atoms with Gasteiger partial charge in [-0.2, -0.15) is 0 Å². The molecule has 8 N–H and O–H groups in total. The second kappa shape index (κ2) is 24.1. The highest BCUT2D eigenvalue weighted by molar-refractivity contribution is 5.99. The quantitative estimate of drug-likeness (QED) is 0.103. The van der Waals surface area contributed by atoms with E-state index in [1.807, 2.05) is 77.9 Å². The van der Waals surface area contributed by atoms with Crippen LogP contribution in [-0.4, -0.2) is 133 Å². The molecule has 4 aliphatic rings. The predicted octanol–water partition coefficient (Wildman–Crippen LogP) is 3.75. The summed E-state index contributed by atoms with van der Waals surface area (Å²) in [6.07, 6.45) is 5.33. The number of carbonyl (C=O) groups is 8. The van der Waals surface area contributed by atoms with Crippen LogP contribution in [0.1, 0.15) is 149 Å². The van der Waals surface area contributed by atoms with Gasteiger partial charge in [-0.3, -0.25) is 38.4 Å². The Hall–Kier alpha value is -6.66. The molecule has 10 atom stereocenters. The summed E-state index contributed by atoms with van der Waals surface area (Å²) in [5, 5.41) is 24.1. The molecule has 2 aliphatic carbocycles. The first-order chi connectivity index (χ1) is 36.0. The average molecular weight is 1050 g/mol. The molecule has 18 nitrogen and oxygen atoms in total. The van der Waals surface area contributed by atoms with Crippen molar-refractivity contribution in [2.45, 2.75) is 167 Å². The van der Waals surface area contributed by atoms with E-state index >= 15 is 0 Å². The van der Waals surface area contributed by atoms with Crippen molar-refractivity contribution in [1.82, 2.24) is 52.3 Å². The summed E-state index contributed by atoms with van der Waals surface area (Å²) in [5.41, 5.74) is 3.44. The smallest absolute Gasteiger partial charge is 0.251 e. The van der Waals surface area contributed by atoms with Gasteiger partial charge in [-0.05, 0) is 137 Å². The van der Waals surface area contributed by atoms with Gasteiger partial charge in [0.2, 0.25) is 35.4 Å². The summed E-state index contributed by atoms with van der Waals surface area (Å²) < 4.78 is 0. The molecule has 0 aromatic heterocycles. The number of amides is 8. The lowest BCUT2D eigenvalue weighted by Gasteiger charge is -2.36. The van der Waals surface area contributed by atoms with Crippen LogP contribution in [0.3, 0.4) is 0 Å². The summed E-state index contributed by atoms with van der Waals surface area (Å²) in [7, 11) is 3.31. The Morgan fingerprint density at radius 1 is 0.513 bits per heavy atom. The lowest BCUT2D eigenvalue weighted by molar-refractivity contribution is -0.144. The van der Waals surface area contributed by atoms with E-state index in [9.17, 15) is 38.4 Å². The van der Waals surface area contributed by atoms with Crippen LogP contribution < -0.4 is 42.5 Å². The number of nitrogens with one attached hydrogen (secondary N) is 8. The Morgan fingerprint density at radius 3 is 1.21 bits per heavy atom. The molecule has 2 fully saturated rings. The fourth-order valence-electron chi connectivity index (χ4n) is 10.9. The molecule has 0 spiro atoms. The van der Waals surface area contributed by atoms with E-state index in [0.29, 0.717) is 0 Å². The number of rotatable bonds is 16. The van der Waals surface area contributed by atoms with Crippen LogP contribution in [0, 0.1) is 10.8 Å². The first kappa shape index (κ1) is 57.1. The molecule has 7 rings (SSSR count). The van der Waals surface area contributed by atoms with Crippen molar-refractivity contribution in [3.05, 3.63) is 106 Å². The monoisotopic (exact) mass is 1040 g/mol. The van der Waals surface area contributed by atoms with Gasteiger partial charge in [0.15, 0.2) is 0 Å². The molecule has 0 saturated carbocycles. The van der Waals surface area contributed by atoms with E-state index in [1.165, 1.54) is 45.2 Å². The van der Waals surface area contributed by atoms with Crippen LogP contribution in [0.2, 0.25) is 0 Å². The normalized spacial score (nSPS) is 22.9. The van der Waals surface area contributed by atoms with E-state index in [0.717, 1.165) is 49.7 Å². The summed E-state index contributed by atoms with van der Waals surface area (Å²) in [6.45, 7) is 14.5. The van der Waals surface area contributed by atoms with Gasteiger partial charge in [0.05, 0.1) is 24.2 Å². The number of likely N-dealkylation sites (tertiary alicyclic amines) is 2. The highest BCUT2D eigenvalue weighted by Crippen LogP contribution is 2.34. The number of fused-ring (bicyclic) bond motifs is 2. The van der Waals surface area contributed by atoms with Gasteiger partial charge >= 0.3 is 0 Å². The first-order valence-electron chi connectivity index (χ1n) is 27.0. The minimum atomic E-state index is -0.981. The van der Waals surface area contributed by atoms with Crippen LogP contribution in [0.4, 0.5) is 0 Å². The number of hydrogen-bond acceptors (Lipinski definition) is 10. The Bertz CT molecular complexity index is 2470. The molecule has 8 amide bonds. The topological polar surface area (TPSA) is 239 Å². The van der Waals surface area contributed by atoms with Crippen molar-refractivity contribution in [3.63, 3.8) is 0 Å². The highest BCUT2D eigenvalue weighted by atomic mass is 16.2. The lowest BCUT2D eigenvalue weighted by Crippen LogP contribution is -2.59. The van der Waals surface area contributed by atoms with Crippen molar-refractivity contribution < 1.29 is 38.4 Å². The third-order valence-corrected chi connectivity index (χ3v) is 15.7. The Balaban J connectivity index is 1.06. The van der Waals surface area contributed by atoms with Crippen LogP contribution in [0.15, 0.2) is 72.8 Å². The molecule has 0 radical (unpaired) electrons. The van der Waals surface area contributed by atoms with Gasteiger partial charge in [-0.1, -0.05) is 90.1 Å². The fraction of sp³-hybridized carbons (Fsp3) is 0.552. The molecular formula is C58H80N10O8. The molecule has 3 aromatic rings. The first-order valence-corrected chi connectivity index (χ1v) is 27.0. The second-order valence-corrected chi connectivity index (χ2v) is 23.3. The van der Waals surface area contributed by atoms with Crippen LogP contribution >= 0.6 is 0 Å². The maximum atomic E-state index is 14.6. The number of carbonyl (C=O) groups excluding carboxylic acids is 8. The van der Waals surface area contributed by atoms with Crippen molar-refractivity contribution in [2.75, 3.05) is 27.2 Å². The number of nitrogens with zero attached hydrogens (tertiary/aromatic N) is 2. The van der Waals surface area contributed by atoms with Crippen molar-refractivity contribution in [3.8, 4) is 0 Å². The van der Waals surface area contributed by atoms with Crippen LogP contribution in [0.25, 0.3) is 0 Å². The maximum Gasteiger partial charge on any atom is 0.251 e. The zero-order valence-electron chi connectivity index (χ0n) is 45.9. The van der Waals surface area contributed by atoms with E-state index in [1.54, 1.807) is 27.9 Å². The van der Waals surface area contributed by atoms with Gasteiger partial charge in [-0.25, -0.2) is 0 Å². The Labute approximate surface area is 447 Å². The molecular weight excluding hydrogens is 965 g/mol. The fourth-order valence-corrected chi connectivity index (χ4v) is 10.9. The average Bonchev–Trinajstić information content (AvgIpc) is 4.03. The summed E-state index contributed by atoms with van der Waals surface area (Å²) in [4.78, 5) is 115. The number of hydrogen-bond donors (Lipinski definition) is 8. The second-order valence-electron chi connectivity index (χ2n) is 23.3. The largest absolute Gasteiger partial charge is 0.347 e. The lowest BCUT2D eigenvalue weighted by atomic mass is 9.85. The summed E-state index contributed by atoms with van der Waals surface area (Å²) >= 11 is 0. The summed E-state index contributed by atoms with van der Waals surface area (Å²) in [5.74, 6) is -3.23. The van der Waals surface area contributed by atoms with E-state index < -0.39 is 82.8 Å². The number of aryl methyl sites for hydroxylation is 2. The number of likely N-dealkylation sites (N-methyl/N-ethyl adjacent to an activating group) is 2. The highest BCUT2D eigenvalue weighted by Gasteiger charge is 2.48. The Morgan fingerprint density at radius 2 is 0.868 bits per heavy atom. The van der Waals surface area contributed by atoms with Crippen molar-refractivity contribution >= 4 is 47.3 Å². The van der Waals surface area contributed by atoms with E-state index in [2.05, 4.69) is 54.7 Å². The maximum absolute atomic E-state index is 14.6. The van der Waals surface area contributed by atoms with Crippen molar-refractivity contribution in [1.29, 1.82) is 0 Å². The SMILES string of the molecule is CN[C@@H](C)C(=O)N[C@H](C(=O)N1C[C@@H](NC(=O)c2ccc(C(=O)NC3C[C@@H](C(=O)N[C@@H]4CCCc5ccccc54)N(C(=O)[C@@H](NC(=O)[C@H](C)NC)C(C)(C)C)C3)cc2)CC1C(=O)N[C@@H]1CCCc2ccccc21)C(C)(C)C. The molecule has 2 heterocycles. The molecule has 2 saturated heterocycles. The van der Waals surface area contributed by atoms with Gasteiger partial charge in [-0.15, -0.1) is 0 Å². The molecule has 3 aromatic carbocycles. The predicted molar refractivity (Wildman–Crippen MR) is 290 cm³/mol. The van der Waals surface area contributed by atoms with Gasteiger partial charge in [0, 0.05) is 36.3 Å². The minimum Gasteiger partial charge on any atom is -0.347 e. The standard InChI is InChI=1S/C58H80N10O8/c1-33(59-9)49(69)65-47(57(3,4)5)55(75)67-31-39(29-45(67)53(73)63-43-23-15-19-35-17-11-13-21-41(35)43)61-51(71)37-25-27-38(28-26-37)52(72)62-40-30-46(54(74)64-44-24-16-20-36-18-12-14-22-42(36)44)68(32-40)56(76)48(58(6,7)8)66-50(70)34(2)60-10/h11-14,17-18,21-22,25-28,33-34,39-40,43-48,59-60H,15-16,19-20,23-24,29-32H2,1-10H3,(H,61,71)(H,62,72)(H,63,73)(H,64,74)(H,65,69)(H,66,70)/t33-,34-,39-,40?,43+,44+,45?,46-,47+,48+/m0/s1. The number of benzene rings is 3. The van der Waals surface area contributed by atoms with Gasteiger partial charge in [0.1, 0.15) is 24.2 Å². The summed E-state index contributed by atoms with van der Waals surface area (Å²) in [6, 6.07) is 15.3. The van der Waals surface area contributed by atoms with Crippen molar-refractivity contribution in [2.24, 2.45) is 10.8 Å². The zero-order chi connectivity index (χ0) is 55.2. The van der Waals surface area contributed by atoms with Crippen LogP contribution in [0.5, 0.6) is 0 Å². The van der Waals surface area contributed by atoms with E-state index in [4.69, 9.17) is 0 Å².